The zero-order valence-electron chi connectivity index (χ0n) is 8.68. The van der Waals surface area contributed by atoms with Crippen LogP contribution >= 0.6 is 0 Å². The van der Waals surface area contributed by atoms with E-state index in [1.807, 2.05) is 27.7 Å². The van der Waals surface area contributed by atoms with E-state index in [-0.39, 0.29) is 11.1 Å². The summed E-state index contributed by atoms with van der Waals surface area (Å²) < 4.78 is 5.63. The van der Waals surface area contributed by atoms with Crippen LogP contribution in [0.3, 0.4) is 0 Å². The molecule has 0 bridgehead atoms. The maximum absolute atomic E-state index is 5.78. The van der Waals surface area contributed by atoms with Gasteiger partial charge in [0.05, 0.1) is 12.2 Å². The third kappa shape index (κ3) is 6.58. The van der Waals surface area contributed by atoms with Gasteiger partial charge in [-0.15, -0.1) is 0 Å². The first-order valence-corrected chi connectivity index (χ1v) is 4.40. The van der Waals surface area contributed by atoms with E-state index in [4.69, 9.17) is 16.2 Å². The summed E-state index contributed by atoms with van der Waals surface area (Å²) in [6, 6.07) is 0. The summed E-state index contributed by atoms with van der Waals surface area (Å²) in [5.74, 6) is 0. The highest BCUT2D eigenvalue weighted by molar-refractivity contribution is 4.75. The summed E-state index contributed by atoms with van der Waals surface area (Å²) in [6.07, 6.45) is 0.864. The van der Waals surface area contributed by atoms with Crippen molar-refractivity contribution in [3.8, 4) is 0 Å². The molecule has 0 aliphatic carbocycles. The highest BCUT2D eigenvalue weighted by Crippen LogP contribution is 2.15. The van der Waals surface area contributed by atoms with Gasteiger partial charge >= 0.3 is 0 Å². The fraction of sp³-hybridized carbons (Fsp3) is 1.00. The van der Waals surface area contributed by atoms with Crippen molar-refractivity contribution in [2.45, 2.75) is 45.3 Å². The lowest BCUT2D eigenvalue weighted by Crippen LogP contribution is -2.41. The molecule has 3 nitrogen and oxygen atoms in total. The maximum Gasteiger partial charge on any atom is 0.0648 e. The molecular formula is C9H22N2O. The van der Waals surface area contributed by atoms with E-state index in [0.717, 1.165) is 6.42 Å². The van der Waals surface area contributed by atoms with E-state index in [9.17, 15) is 0 Å². The molecule has 0 aromatic rings. The molecule has 0 aromatic heterocycles. The van der Waals surface area contributed by atoms with Crippen molar-refractivity contribution in [2.24, 2.45) is 11.5 Å². The number of rotatable bonds is 5. The predicted octanol–water partition coefficient (Wildman–Crippen LogP) is 0.868. The molecule has 4 N–H and O–H groups in total. The normalized spacial score (nSPS) is 13.5. The van der Waals surface area contributed by atoms with Gasteiger partial charge in [-0.3, -0.25) is 0 Å². The smallest absolute Gasteiger partial charge is 0.0648 e. The topological polar surface area (TPSA) is 61.3 Å². The van der Waals surface area contributed by atoms with E-state index >= 15 is 0 Å². The monoisotopic (exact) mass is 174 g/mol. The zero-order valence-corrected chi connectivity index (χ0v) is 8.68. The average molecular weight is 174 g/mol. The summed E-state index contributed by atoms with van der Waals surface area (Å²) in [7, 11) is 0. The van der Waals surface area contributed by atoms with Crippen LogP contribution in [0.15, 0.2) is 0 Å². The Morgan fingerprint density at radius 3 is 2.00 bits per heavy atom. The summed E-state index contributed by atoms with van der Waals surface area (Å²) in [5.41, 5.74) is 10.8. The van der Waals surface area contributed by atoms with Gasteiger partial charge in [-0.1, -0.05) is 0 Å². The second kappa shape index (κ2) is 4.21. The fourth-order valence-electron chi connectivity index (χ4n) is 0.801. The van der Waals surface area contributed by atoms with E-state index in [1.54, 1.807) is 0 Å². The lowest BCUT2D eigenvalue weighted by Gasteiger charge is -2.29. The van der Waals surface area contributed by atoms with Crippen molar-refractivity contribution in [1.82, 2.24) is 0 Å². The molecule has 0 amide bonds. The number of nitrogens with two attached hydrogens (primary N) is 2. The molecule has 74 valence electrons. The van der Waals surface area contributed by atoms with Crippen LogP contribution in [0.1, 0.15) is 34.1 Å². The molecule has 0 radical (unpaired) electrons. The number of ether oxygens (including phenoxy) is 1. The van der Waals surface area contributed by atoms with Crippen LogP contribution < -0.4 is 11.5 Å². The SMILES string of the molecule is CC(C)(N)COC(C)(C)CCN. The van der Waals surface area contributed by atoms with Crippen molar-refractivity contribution >= 4 is 0 Å². The minimum atomic E-state index is -0.258. The molecule has 0 rings (SSSR count). The van der Waals surface area contributed by atoms with Gasteiger partial charge in [0, 0.05) is 5.54 Å². The summed E-state index contributed by atoms with van der Waals surface area (Å²) in [5, 5.41) is 0. The molecule has 0 atom stereocenters. The van der Waals surface area contributed by atoms with Crippen LogP contribution in [0.5, 0.6) is 0 Å². The van der Waals surface area contributed by atoms with Gasteiger partial charge in [0.25, 0.3) is 0 Å². The largest absolute Gasteiger partial charge is 0.374 e. The Morgan fingerprint density at radius 1 is 1.17 bits per heavy atom. The highest BCUT2D eigenvalue weighted by atomic mass is 16.5. The molecule has 0 fully saturated rings. The van der Waals surface area contributed by atoms with Crippen LogP contribution in [0.25, 0.3) is 0 Å². The number of hydrogen-bond donors (Lipinski definition) is 2. The first-order valence-electron chi connectivity index (χ1n) is 4.40. The Labute approximate surface area is 75.5 Å². The van der Waals surface area contributed by atoms with Gasteiger partial charge in [-0.2, -0.15) is 0 Å². The van der Waals surface area contributed by atoms with E-state index in [2.05, 4.69) is 0 Å². The molecule has 0 heterocycles. The van der Waals surface area contributed by atoms with Crippen molar-refractivity contribution in [1.29, 1.82) is 0 Å². The molecule has 0 unspecified atom stereocenters. The van der Waals surface area contributed by atoms with Crippen LogP contribution in [-0.4, -0.2) is 24.3 Å². The molecule has 0 aromatic carbocycles. The summed E-state index contributed by atoms with van der Waals surface area (Å²) in [4.78, 5) is 0. The zero-order chi connectivity index (χ0) is 9.83. The first kappa shape index (κ1) is 11.9. The van der Waals surface area contributed by atoms with Gasteiger partial charge in [-0.25, -0.2) is 0 Å². The van der Waals surface area contributed by atoms with Crippen LogP contribution in [0, 0.1) is 0 Å². The van der Waals surface area contributed by atoms with Crippen molar-refractivity contribution in [3.63, 3.8) is 0 Å². The van der Waals surface area contributed by atoms with Gasteiger partial charge in [0.2, 0.25) is 0 Å². The van der Waals surface area contributed by atoms with Crippen LogP contribution in [0.4, 0.5) is 0 Å². The minimum absolute atomic E-state index is 0.147. The Kier molecular flexibility index (Phi) is 4.17. The Bertz CT molecular complexity index is 127. The van der Waals surface area contributed by atoms with Gasteiger partial charge in [0.15, 0.2) is 0 Å². The van der Waals surface area contributed by atoms with E-state index in [0.29, 0.717) is 13.2 Å². The standard InChI is InChI=1S/C9H22N2O/c1-8(2,11)7-12-9(3,4)5-6-10/h5-7,10-11H2,1-4H3. The molecular weight excluding hydrogens is 152 g/mol. The summed E-state index contributed by atoms with van der Waals surface area (Å²) in [6.45, 7) is 9.19. The van der Waals surface area contributed by atoms with Crippen molar-refractivity contribution < 1.29 is 4.74 Å². The highest BCUT2D eigenvalue weighted by Gasteiger charge is 2.21. The van der Waals surface area contributed by atoms with Crippen LogP contribution in [0.2, 0.25) is 0 Å². The molecule has 0 aliphatic rings. The third-order valence-electron chi connectivity index (χ3n) is 1.58. The van der Waals surface area contributed by atoms with E-state index < -0.39 is 0 Å². The molecule has 0 spiro atoms. The third-order valence-corrected chi connectivity index (χ3v) is 1.58. The molecule has 0 saturated heterocycles. The van der Waals surface area contributed by atoms with E-state index in [1.165, 1.54) is 0 Å². The average Bonchev–Trinajstić information content (AvgIpc) is 1.83. The Morgan fingerprint density at radius 2 is 1.67 bits per heavy atom. The quantitative estimate of drug-likeness (QED) is 0.650. The van der Waals surface area contributed by atoms with Gasteiger partial charge in [-0.05, 0) is 40.7 Å². The molecule has 12 heavy (non-hydrogen) atoms. The lowest BCUT2D eigenvalue weighted by molar-refractivity contribution is -0.0397. The van der Waals surface area contributed by atoms with Crippen LogP contribution in [-0.2, 0) is 4.74 Å². The second-order valence-corrected chi connectivity index (χ2v) is 4.58. The lowest BCUT2D eigenvalue weighted by atomic mass is 10.0. The number of hydrogen-bond acceptors (Lipinski definition) is 3. The summed E-state index contributed by atoms with van der Waals surface area (Å²) >= 11 is 0. The van der Waals surface area contributed by atoms with Crippen molar-refractivity contribution in [2.75, 3.05) is 13.2 Å². The Hall–Kier alpha value is -0.120. The minimum Gasteiger partial charge on any atom is -0.374 e. The molecule has 0 aliphatic heterocycles. The molecule has 3 heteroatoms. The predicted molar refractivity (Wildman–Crippen MR) is 52.0 cm³/mol. The molecule has 0 saturated carbocycles. The Balaban J connectivity index is 3.75. The van der Waals surface area contributed by atoms with Gasteiger partial charge < -0.3 is 16.2 Å². The first-order chi connectivity index (χ1) is 5.27. The van der Waals surface area contributed by atoms with Gasteiger partial charge in [0.1, 0.15) is 0 Å². The fourth-order valence-corrected chi connectivity index (χ4v) is 0.801. The maximum atomic E-state index is 5.78. The second-order valence-electron chi connectivity index (χ2n) is 4.58. The van der Waals surface area contributed by atoms with Crippen molar-refractivity contribution in [3.05, 3.63) is 0 Å².